The summed E-state index contributed by atoms with van der Waals surface area (Å²) < 4.78 is 6.64. The van der Waals surface area contributed by atoms with Crippen molar-refractivity contribution in [2.75, 3.05) is 5.32 Å². The topological polar surface area (TPSA) is 100 Å². The van der Waals surface area contributed by atoms with E-state index in [2.05, 4.69) is 36.2 Å². The van der Waals surface area contributed by atoms with Crippen LogP contribution in [0.4, 0.5) is 10.7 Å². The zero-order valence-electron chi connectivity index (χ0n) is 19.1. The van der Waals surface area contributed by atoms with Crippen molar-refractivity contribution < 1.29 is 9.21 Å². The third kappa shape index (κ3) is 5.67. The lowest BCUT2D eigenvalue weighted by Crippen LogP contribution is -2.14. The van der Waals surface area contributed by atoms with Crippen molar-refractivity contribution in [3.05, 3.63) is 83.7 Å². The summed E-state index contributed by atoms with van der Waals surface area (Å²) in [6.07, 6.45) is 5.58. The van der Waals surface area contributed by atoms with Crippen LogP contribution in [0.1, 0.15) is 45.1 Å². The summed E-state index contributed by atoms with van der Waals surface area (Å²) in [5, 5.41) is 5.21. The van der Waals surface area contributed by atoms with E-state index in [0.717, 1.165) is 31.2 Å². The minimum atomic E-state index is -0.222. The zero-order valence-corrected chi connectivity index (χ0v) is 23.0. The van der Waals surface area contributed by atoms with Gasteiger partial charge in [0.1, 0.15) is 10.8 Å². The van der Waals surface area contributed by atoms with Gasteiger partial charge in [-0.1, -0.05) is 11.6 Å². The first-order valence-corrected chi connectivity index (χ1v) is 14.0. The number of fused-ring (bicyclic) bond motifs is 1. The second-order valence-corrected chi connectivity index (χ2v) is 11.5. The number of aliphatic imine (C=N–C) groups is 1. The maximum Gasteiger partial charge on any atom is 0.259 e. The van der Waals surface area contributed by atoms with Crippen LogP contribution in [0.15, 0.2) is 65.3 Å². The molecule has 0 fully saturated rings. The zero-order chi connectivity index (χ0) is 25.2. The van der Waals surface area contributed by atoms with Gasteiger partial charge in [0.15, 0.2) is 10.2 Å². The fourth-order valence-electron chi connectivity index (χ4n) is 3.92. The van der Waals surface area contributed by atoms with Crippen molar-refractivity contribution in [1.29, 1.82) is 0 Å². The molecule has 1 aliphatic rings. The van der Waals surface area contributed by atoms with E-state index in [4.69, 9.17) is 16.0 Å². The van der Waals surface area contributed by atoms with Crippen LogP contribution in [0.25, 0.3) is 0 Å². The number of hydrogen-bond acceptors (Lipinski definition) is 7. The Bertz CT molecular complexity index is 1530. The average molecular weight is 604 g/mol. The SMILES string of the molecule is Cc1cc(=O)[nH]c(Sc2oc(C=Nc3sc4c(c3C(=O)Nc3ccc(Cl)cc3)CCCC4)cc2Br)n1. The van der Waals surface area contributed by atoms with E-state index >= 15 is 0 Å². The number of aromatic amines is 1. The molecule has 0 bridgehead atoms. The number of thiophene rings is 1. The van der Waals surface area contributed by atoms with Gasteiger partial charge in [0.05, 0.1) is 16.3 Å². The number of amides is 1. The van der Waals surface area contributed by atoms with Crippen LogP contribution in [0.2, 0.25) is 5.02 Å². The Balaban J connectivity index is 1.41. The summed E-state index contributed by atoms with van der Waals surface area (Å²) in [7, 11) is 0. The number of hydrogen-bond donors (Lipinski definition) is 2. The molecule has 3 heterocycles. The highest BCUT2D eigenvalue weighted by atomic mass is 79.9. The Morgan fingerprint density at radius 1 is 1.28 bits per heavy atom. The second kappa shape index (κ2) is 10.8. The third-order valence-corrected chi connectivity index (χ3v) is 8.68. The normalized spacial score (nSPS) is 13.2. The molecule has 0 atom stereocenters. The van der Waals surface area contributed by atoms with E-state index in [1.54, 1.807) is 54.8 Å². The number of nitrogens with one attached hydrogen (secondary N) is 2. The van der Waals surface area contributed by atoms with Crippen molar-refractivity contribution in [2.45, 2.75) is 42.9 Å². The molecular formula is C25H20BrClN4O3S2. The van der Waals surface area contributed by atoms with Gasteiger partial charge in [0.25, 0.3) is 11.5 Å². The van der Waals surface area contributed by atoms with Crippen molar-refractivity contribution >= 4 is 73.4 Å². The maximum absolute atomic E-state index is 13.3. The van der Waals surface area contributed by atoms with Crippen LogP contribution in [-0.4, -0.2) is 22.1 Å². The molecule has 1 amide bonds. The lowest BCUT2D eigenvalue weighted by atomic mass is 9.95. The van der Waals surface area contributed by atoms with Crippen LogP contribution in [0.3, 0.4) is 0 Å². The van der Waals surface area contributed by atoms with Gasteiger partial charge in [-0.25, -0.2) is 9.98 Å². The molecule has 0 radical (unpaired) electrons. The fraction of sp³-hybridized carbons (Fsp3) is 0.200. The molecule has 0 saturated carbocycles. The van der Waals surface area contributed by atoms with Crippen LogP contribution in [-0.2, 0) is 12.8 Å². The summed E-state index contributed by atoms with van der Waals surface area (Å²) in [5.74, 6) is 0.324. The van der Waals surface area contributed by atoms with Gasteiger partial charge in [-0.2, -0.15) is 0 Å². The first kappa shape index (κ1) is 25.0. The first-order chi connectivity index (χ1) is 17.4. The molecule has 11 heteroatoms. The molecular weight excluding hydrogens is 584 g/mol. The molecule has 0 saturated heterocycles. The number of aryl methyl sites for hydroxylation is 2. The van der Waals surface area contributed by atoms with Crippen LogP contribution in [0, 0.1) is 6.92 Å². The predicted octanol–water partition coefficient (Wildman–Crippen LogP) is 7.18. The van der Waals surface area contributed by atoms with Gasteiger partial charge in [-0.3, -0.25) is 9.59 Å². The largest absolute Gasteiger partial charge is 0.447 e. The molecule has 0 spiro atoms. The number of H-pyrrole nitrogens is 1. The molecule has 4 aromatic rings. The van der Waals surface area contributed by atoms with Crippen LogP contribution < -0.4 is 10.9 Å². The summed E-state index contributed by atoms with van der Waals surface area (Å²) in [6, 6.07) is 10.3. The highest BCUT2D eigenvalue weighted by molar-refractivity contribution is 9.10. The minimum Gasteiger partial charge on any atom is -0.447 e. The molecule has 184 valence electrons. The Morgan fingerprint density at radius 2 is 2.06 bits per heavy atom. The predicted molar refractivity (Wildman–Crippen MR) is 148 cm³/mol. The molecule has 36 heavy (non-hydrogen) atoms. The van der Waals surface area contributed by atoms with E-state index in [-0.39, 0.29) is 11.5 Å². The summed E-state index contributed by atoms with van der Waals surface area (Å²) in [5.41, 5.74) is 2.77. The lowest BCUT2D eigenvalue weighted by molar-refractivity contribution is 0.102. The quantitative estimate of drug-likeness (QED) is 0.180. The van der Waals surface area contributed by atoms with Crippen molar-refractivity contribution in [2.24, 2.45) is 4.99 Å². The van der Waals surface area contributed by atoms with Crippen molar-refractivity contribution in [3.8, 4) is 0 Å². The number of benzene rings is 1. The molecule has 5 rings (SSSR count). The van der Waals surface area contributed by atoms with E-state index in [9.17, 15) is 9.59 Å². The van der Waals surface area contributed by atoms with Crippen molar-refractivity contribution in [1.82, 2.24) is 9.97 Å². The number of furan rings is 1. The van der Waals surface area contributed by atoms with Crippen molar-refractivity contribution in [3.63, 3.8) is 0 Å². The van der Waals surface area contributed by atoms with Crippen LogP contribution in [0.5, 0.6) is 0 Å². The van der Waals surface area contributed by atoms with E-state index < -0.39 is 0 Å². The number of halogens is 2. The maximum atomic E-state index is 13.3. The summed E-state index contributed by atoms with van der Waals surface area (Å²) >= 11 is 12.2. The van der Waals surface area contributed by atoms with Gasteiger partial charge in [0, 0.05) is 33.4 Å². The number of aromatic nitrogens is 2. The van der Waals surface area contributed by atoms with E-state index in [0.29, 0.717) is 47.5 Å². The molecule has 7 nitrogen and oxygen atoms in total. The van der Waals surface area contributed by atoms with Gasteiger partial charge in [-0.15, -0.1) is 11.3 Å². The molecule has 0 unspecified atom stereocenters. The summed E-state index contributed by atoms with van der Waals surface area (Å²) in [4.78, 5) is 37.9. The smallest absolute Gasteiger partial charge is 0.259 e. The molecule has 3 aromatic heterocycles. The molecule has 0 aliphatic heterocycles. The van der Waals surface area contributed by atoms with Gasteiger partial charge >= 0.3 is 0 Å². The Hall–Kier alpha value is -2.66. The van der Waals surface area contributed by atoms with Gasteiger partial charge < -0.3 is 14.7 Å². The van der Waals surface area contributed by atoms with Crippen LogP contribution >= 0.6 is 50.6 Å². The lowest BCUT2D eigenvalue weighted by Gasteiger charge is -2.12. The monoisotopic (exact) mass is 602 g/mol. The number of carbonyl (C=O) groups excluding carboxylic acids is 1. The Labute approximate surface area is 228 Å². The highest BCUT2D eigenvalue weighted by Gasteiger charge is 2.25. The standard InChI is InChI=1S/C25H20BrClN4O3S2/c1-13-10-20(32)31-25(29-13)36-24-18(26)11-16(34-24)12-28-23-21(17-4-2-3-5-19(17)35-23)22(33)30-15-8-6-14(27)7-9-15/h6-12H,2-5H2,1H3,(H,30,33)(H,29,31,32). The number of anilines is 1. The molecule has 1 aromatic carbocycles. The van der Waals surface area contributed by atoms with E-state index in [1.165, 1.54) is 22.7 Å². The number of rotatable bonds is 6. The fourth-order valence-corrected chi connectivity index (χ4v) is 6.63. The van der Waals surface area contributed by atoms with E-state index in [1.807, 2.05) is 0 Å². The first-order valence-electron chi connectivity index (χ1n) is 11.2. The second-order valence-electron chi connectivity index (χ2n) is 8.19. The van der Waals surface area contributed by atoms with Gasteiger partial charge in [0.2, 0.25) is 0 Å². The Kier molecular flexibility index (Phi) is 7.47. The average Bonchev–Trinajstić information content (AvgIpc) is 3.38. The summed E-state index contributed by atoms with van der Waals surface area (Å²) in [6.45, 7) is 1.76. The molecule has 1 aliphatic carbocycles. The third-order valence-electron chi connectivity index (χ3n) is 5.50. The number of nitrogens with zero attached hydrogens (tertiary/aromatic N) is 2. The van der Waals surface area contributed by atoms with Gasteiger partial charge in [-0.05, 0) is 90.1 Å². The minimum absolute atomic E-state index is 0.185. The highest BCUT2D eigenvalue weighted by Crippen LogP contribution is 2.40. The Morgan fingerprint density at radius 3 is 2.83 bits per heavy atom. The number of carbonyl (C=O) groups is 1. The molecule has 2 N–H and O–H groups in total.